The van der Waals surface area contributed by atoms with Crippen LogP contribution in [0.5, 0.6) is 0 Å². The molecule has 0 saturated heterocycles. The molecule has 0 aliphatic carbocycles. The fourth-order valence-electron chi connectivity index (χ4n) is 1.83. The van der Waals surface area contributed by atoms with Crippen LogP contribution in [0.15, 0.2) is 41.3 Å². The lowest BCUT2D eigenvalue weighted by Gasteiger charge is -2.09. The summed E-state index contributed by atoms with van der Waals surface area (Å²) >= 11 is 0. The maximum atomic E-state index is 13.1. The summed E-state index contributed by atoms with van der Waals surface area (Å²) in [5.41, 5.74) is 0.495. The van der Waals surface area contributed by atoms with Crippen LogP contribution in [0.4, 0.5) is 14.5 Å². The van der Waals surface area contributed by atoms with Gasteiger partial charge in [0.15, 0.2) is 11.6 Å². The summed E-state index contributed by atoms with van der Waals surface area (Å²) in [6, 6.07) is 6.84. The van der Waals surface area contributed by atoms with Gasteiger partial charge in [-0.3, -0.25) is 4.79 Å². The normalized spacial score (nSPS) is 11.3. The van der Waals surface area contributed by atoms with Gasteiger partial charge in [0.2, 0.25) is 10.0 Å². The molecule has 22 heavy (non-hydrogen) atoms. The Hall–Kier alpha value is -2.32. The molecule has 8 heteroatoms. The smallest absolute Gasteiger partial charge is 0.255 e. The van der Waals surface area contributed by atoms with Gasteiger partial charge in [0.1, 0.15) is 0 Å². The molecule has 0 atom stereocenters. The average molecular weight is 326 g/mol. The number of hydrogen-bond donors (Lipinski definition) is 2. The number of benzene rings is 2. The Morgan fingerprint density at radius 2 is 1.77 bits per heavy atom. The molecular formula is C14H12F2N2O3S. The summed E-state index contributed by atoms with van der Waals surface area (Å²) < 4.78 is 48.8. The maximum absolute atomic E-state index is 13.1. The molecule has 0 unspecified atom stereocenters. The van der Waals surface area contributed by atoms with E-state index < -0.39 is 27.6 Å². The van der Waals surface area contributed by atoms with Crippen LogP contribution < -0.4 is 10.5 Å². The highest BCUT2D eigenvalue weighted by molar-refractivity contribution is 7.89. The quantitative estimate of drug-likeness (QED) is 0.906. The molecular weight excluding hydrogens is 314 g/mol. The molecule has 0 radical (unpaired) electrons. The van der Waals surface area contributed by atoms with Crippen molar-refractivity contribution in [2.75, 3.05) is 5.32 Å². The zero-order chi connectivity index (χ0) is 16.5. The van der Waals surface area contributed by atoms with Crippen molar-refractivity contribution < 1.29 is 22.0 Å². The monoisotopic (exact) mass is 326 g/mol. The molecule has 2 rings (SSSR count). The van der Waals surface area contributed by atoms with Crippen LogP contribution in [-0.4, -0.2) is 14.3 Å². The average Bonchev–Trinajstić information content (AvgIpc) is 2.42. The first kappa shape index (κ1) is 16.1. The lowest BCUT2D eigenvalue weighted by atomic mass is 10.2. The van der Waals surface area contributed by atoms with Crippen molar-refractivity contribution >= 4 is 21.6 Å². The van der Waals surface area contributed by atoms with Gasteiger partial charge in [-0.25, -0.2) is 22.3 Å². The highest BCUT2D eigenvalue weighted by Crippen LogP contribution is 2.20. The third-order valence-corrected chi connectivity index (χ3v) is 3.99. The Morgan fingerprint density at radius 3 is 2.36 bits per heavy atom. The fraction of sp³-hybridized carbons (Fsp3) is 0.0714. The first-order chi connectivity index (χ1) is 10.2. The second kappa shape index (κ2) is 5.82. The van der Waals surface area contributed by atoms with E-state index in [1.165, 1.54) is 18.2 Å². The second-order valence-electron chi connectivity index (χ2n) is 4.61. The highest BCUT2D eigenvalue weighted by Gasteiger charge is 2.14. The van der Waals surface area contributed by atoms with E-state index in [0.29, 0.717) is 5.56 Å². The van der Waals surface area contributed by atoms with E-state index in [1.54, 1.807) is 6.92 Å². The van der Waals surface area contributed by atoms with E-state index in [0.717, 1.165) is 18.2 Å². The van der Waals surface area contributed by atoms with Crippen molar-refractivity contribution in [3.63, 3.8) is 0 Å². The number of aryl methyl sites for hydroxylation is 1. The summed E-state index contributed by atoms with van der Waals surface area (Å²) in [6.45, 7) is 1.56. The first-order valence-corrected chi connectivity index (χ1v) is 7.63. The number of nitrogens with two attached hydrogens (primary N) is 1. The van der Waals surface area contributed by atoms with E-state index in [1.807, 2.05) is 0 Å². The molecule has 2 aromatic rings. The van der Waals surface area contributed by atoms with Gasteiger partial charge < -0.3 is 5.32 Å². The van der Waals surface area contributed by atoms with Crippen molar-refractivity contribution in [2.45, 2.75) is 11.8 Å². The maximum Gasteiger partial charge on any atom is 0.255 e. The van der Waals surface area contributed by atoms with Gasteiger partial charge in [-0.2, -0.15) is 0 Å². The first-order valence-electron chi connectivity index (χ1n) is 6.08. The number of nitrogens with one attached hydrogen (secondary N) is 1. The van der Waals surface area contributed by atoms with Crippen molar-refractivity contribution in [1.82, 2.24) is 0 Å². The number of carbonyl (C=O) groups excluding carboxylic acids is 1. The van der Waals surface area contributed by atoms with Crippen molar-refractivity contribution in [1.29, 1.82) is 0 Å². The molecule has 0 saturated carbocycles. The van der Waals surface area contributed by atoms with E-state index in [2.05, 4.69) is 5.32 Å². The molecule has 0 spiro atoms. The summed E-state index contributed by atoms with van der Waals surface area (Å²) in [5, 5.41) is 7.47. The number of rotatable bonds is 3. The minimum atomic E-state index is -3.93. The molecule has 3 N–H and O–H groups in total. The number of sulfonamides is 1. The van der Waals surface area contributed by atoms with Gasteiger partial charge in [0.25, 0.3) is 5.91 Å². The largest absolute Gasteiger partial charge is 0.322 e. The van der Waals surface area contributed by atoms with Crippen LogP contribution in [0.2, 0.25) is 0 Å². The van der Waals surface area contributed by atoms with Gasteiger partial charge >= 0.3 is 0 Å². The Labute approximate surface area is 125 Å². The second-order valence-corrected chi connectivity index (χ2v) is 6.14. The predicted molar refractivity (Wildman–Crippen MR) is 76.9 cm³/mol. The van der Waals surface area contributed by atoms with E-state index in [-0.39, 0.29) is 16.1 Å². The summed E-state index contributed by atoms with van der Waals surface area (Å²) in [4.78, 5) is 11.8. The number of anilines is 1. The van der Waals surface area contributed by atoms with E-state index >= 15 is 0 Å². The topological polar surface area (TPSA) is 89.3 Å². The molecule has 0 fully saturated rings. The van der Waals surface area contributed by atoms with Crippen LogP contribution in [0.1, 0.15) is 15.9 Å². The van der Waals surface area contributed by atoms with E-state index in [9.17, 15) is 22.0 Å². The Bertz CT molecular complexity index is 851. The third kappa shape index (κ3) is 3.46. The Balaban J connectivity index is 2.31. The summed E-state index contributed by atoms with van der Waals surface area (Å²) in [6.07, 6.45) is 0. The fourth-order valence-corrected chi connectivity index (χ4v) is 2.63. The standard InChI is InChI=1S/C14H12F2N2O3S/c1-8-2-4-10(7-13(8)22(17,20)21)18-14(19)9-3-5-11(15)12(16)6-9/h2-7H,1H3,(H,18,19)(H2,17,20,21). The molecule has 0 aliphatic heterocycles. The lowest BCUT2D eigenvalue weighted by Crippen LogP contribution is -2.16. The third-order valence-electron chi connectivity index (χ3n) is 2.93. The Kier molecular flexibility index (Phi) is 4.25. The van der Waals surface area contributed by atoms with Crippen molar-refractivity contribution in [2.24, 2.45) is 5.14 Å². The van der Waals surface area contributed by atoms with Crippen molar-refractivity contribution in [3.05, 3.63) is 59.2 Å². The minimum Gasteiger partial charge on any atom is -0.322 e. The molecule has 5 nitrogen and oxygen atoms in total. The van der Waals surface area contributed by atoms with Crippen LogP contribution in [0, 0.1) is 18.6 Å². The van der Waals surface area contributed by atoms with Gasteiger partial charge in [-0.05, 0) is 42.8 Å². The molecule has 0 aliphatic rings. The molecule has 0 bridgehead atoms. The molecule has 2 aromatic carbocycles. The van der Waals surface area contributed by atoms with E-state index in [4.69, 9.17) is 5.14 Å². The molecule has 0 aromatic heterocycles. The molecule has 116 valence electrons. The van der Waals surface area contributed by atoms with Gasteiger partial charge in [0, 0.05) is 11.3 Å². The molecule has 1 amide bonds. The van der Waals surface area contributed by atoms with Crippen LogP contribution in [0.3, 0.4) is 0 Å². The van der Waals surface area contributed by atoms with Crippen LogP contribution in [0.25, 0.3) is 0 Å². The minimum absolute atomic E-state index is 0.100. The number of amides is 1. The van der Waals surface area contributed by atoms with Crippen LogP contribution >= 0.6 is 0 Å². The van der Waals surface area contributed by atoms with Gasteiger partial charge in [-0.1, -0.05) is 6.07 Å². The highest BCUT2D eigenvalue weighted by atomic mass is 32.2. The Morgan fingerprint density at radius 1 is 1.09 bits per heavy atom. The number of primary sulfonamides is 1. The number of halogens is 2. The lowest BCUT2D eigenvalue weighted by molar-refractivity contribution is 0.102. The zero-order valence-corrected chi connectivity index (χ0v) is 12.2. The van der Waals surface area contributed by atoms with Crippen LogP contribution in [-0.2, 0) is 10.0 Å². The summed E-state index contributed by atoms with van der Waals surface area (Å²) in [5.74, 6) is -2.92. The summed E-state index contributed by atoms with van der Waals surface area (Å²) in [7, 11) is -3.93. The van der Waals surface area contributed by atoms with Gasteiger partial charge in [-0.15, -0.1) is 0 Å². The SMILES string of the molecule is Cc1ccc(NC(=O)c2ccc(F)c(F)c2)cc1S(N)(=O)=O. The van der Waals surface area contributed by atoms with Crippen molar-refractivity contribution in [3.8, 4) is 0 Å². The molecule has 0 heterocycles. The number of hydrogen-bond acceptors (Lipinski definition) is 3. The zero-order valence-electron chi connectivity index (χ0n) is 11.4. The predicted octanol–water partition coefficient (Wildman–Crippen LogP) is 2.17. The number of carbonyl (C=O) groups is 1. The van der Waals surface area contributed by atoms with Gasteiger partial charge in [0.05, 0.1) is 4.90 Å².